The summed E-state index contributed by atoms with van der Waals surface area (Å²) in [5, 5.41) is 3.53. The normalized spacial score (nSPS) is 20.1. The molecule has 88 valence electrons. The fraction of sp³-hybridized carbons (Fsp3) is 0.538. The molecule has 0 radical (unpaired) electrons. The minimum absolute atomic E-state index is 0.652. The molecule has 16 heavy (non-hydrogen) atoms. The monoisotopic (exact) mass is 283 g/mol. The van der Waals surface area contributed by atoms with Crippen LogP contribution in [-0.4, -0.2) is 19.7 Å². The van der Waals surface area contributed by atoms with E-state index in [1.807, 2.05) is 0 Å². The third-order valence-corrected chi connectivity index (χ3v) is 3.73. The van der Waals surface area contributed by atoms with Crippen LogP contribution in [0.15, 0.2) is 16.6 Å². The molecule has 1 atom stereocenters. The zero-order valence-electron chi connectivity index (χ0n) is 9.85. The Balaban J connectivity index is 2.15. The van der Waals surface area contributed by atoms with Crippen LogP contribution in [0.5, 0.6) is 5.75 Å². The Morgan fingerprint density at radius 2 is 2.31 bits per heavy atom. The second kappa shape index (κ2) is 5.19. The summed E-state index contributed by atoms with van der Waals surface area (Å²) in [4.78, 5) is 0. The first-order valence-corrected chi connectivity index (χ1v) is 6.56. The van der Waals surface area contributed by atoms with Crippen molar-refractivity contribution in [2.24, 2.45) is 0 Å². The summed E-state index contributed by atoms with van der Waals surface area (Å²) >= 11 is 3.56. The summed E-state index contributed by atoms with van der Waals surface area (Å²) in [6.45, 7) is 3.26. The largest absolute Gasteiger partial charge is 0.495 e. The summed E-state index contributed by atoms with van der Waals surface area (Å²) in [7, 11) is 1.71. The van der Waals surface area contributed by atoms with E-state index in [4.69, 9.17) is 4.74 Å². The van der Waals surface area contributed by atoms with E-state index in [1.165, 1.54) is 30.5 Å². The Labute approximate surface area is 106 Å². The van der Waals surface area contributed by atoms with Crippen molar-refractivity contribution in [3.05, 3.63) is 27.7 Å². The highest BCUT2D eigenvalue weighted by Gasteiger charge is 2.15. The first-order chi connectivity index (χ1) is 7.70. The maximum absolute atomic E-state index is 5.34. The molecule has 1 saturated heterocycles. The number of hydrogen-bond acceptors (Lipinski definition) is 2. The summed E-state index contributed by atoms with van der Waals surface area (Å²) < 4.78 is 6.40. The van der Waals surface area contributed by atoms with Crippen LogP contribution in [-0.2, 0) is 6.42 Å². The molecule has 1 N–H and O–H groups in total. The van der Waals surface area contributed by atoms with Crippen molar-refractivity contribution in [2.45, 2.75) is 32.2 Å². The van der Waals surface area contributed by atoms with Gasteiger partial charge in [-0.05, 0) is 65.9 Å². The lowest BCUT2D eigenvalue weighted by Gasteiger charge is -2.13. The molecule has 2 rings (SSSR count). The molecule has 1 heterocycles. The SMILES string of the molecule is COc1c(C)cc(CC2CCCN2)cc1Br. The zero-order valence-corrected chi connectivity index (χ0v) is 11.4. The predicted octanol–water partition coefficient (Wildman–Crippen LogP) is 3.06. The third kappa shape index (κ3) is 2.58. The van der Waals surface area contributed by atoms with Gasteiger partial charge in [-0.2, -0.15) is 0 Å². The predicted molar refractivity (Wildman–Crippen MR) is 70.2 cm³/mol. The third-order valence-electron chi connectivity index (χ3n) is 3.14. The van der Waals surface area contributed by atoms with Gasteiger partial charge < -0.3 is 10.1 Å². The maximum atomic E-state index is 5.34. The van der Waals surface area contributed by atoms with Crippen LogP contribution in [0.25, 0.3) is 0 Å². The van der Waals surface area contributed by atoms with Crippen molar-refractivity contribution >= 4 is 15.9 Å². The van der Waals surface area contributed by atoms with E-state index in [2.05, 4.69) is 40.3 Å². The molecule has 0 aliphatic carbocycles. The van der Waals surface area contributed by atoms with Crippen molar-refractivity contribution in [3.8, 4) is 5.75 Å². The average Bonchev–Trinajstić information content (AvgIpc) is 2.70. The average molecular weight is 284 g/mol. The Morgan fingerprint density at radius 1 is 1.50 bits per heavy atom. The molecule has 1 unspecified atom stereocenters. The van der Waals surface area contributed by atoms with E-state index < -0.39 is 0 Å². The quantitative estimate of drug-likeness (QED) is 0.921. The molecule has 0 aromatic heterocycles. The van der Waals surface area contributed by atoms with E-state index >= 15 is 0 Å². The number of halogens is 1. The molecule has 0 bridgehead atoms. The fourth-order valence-electron chi connectivity index (χ4n) is 2.39. The highest BCUT2D eigenvalue weighted by atomic mass is 79.9. The Hall–Kier alpha value is -0.540. The first-order valence-electron chi connectivity index (χ1n) is 5.77. The lowest BCUT2D eigenvalue weighted by Crippen LogP contribution is -2.23. The van der Waals surface area contributed by atoms with E-state index in [1.54, 1.807) is 7.11 Å². The van der Waals surface area contributed by atoms with Gasteiger partial charge in [0, 0.05) is 6.04 Å². The Bertz CT molecular complexity index is 349. The molecular formula is C13H18BrNO. The van der Waals surface area contributed by atoms with Crippen LogP contribution in [0.3, 0.4) is 0 Å². The summed E-state index contributed by atoms with van der Waals surface area (Å²) in [6, 6.07) is 5.05. The second-order valence-electron chi connectivity index (χ2n) is 4.43. The number of nitrogens with one attached hydrogen (secondary N) is 1. The van der Waals surface area contributed by atoms with Gasteiger partial charge in [-0.3, -0.25) is 0 Å². The molecule has 1 fully saturated rings. The zero-order chi connectivity index (χ0) is 11.5. The van der Waals surface area contributed by atoms with E-state index in [0.717, 1.165) is 16.6 Å². The van der Waals surface area contributed by atoms with Crippen molar-refractivity contribution in [1.82, 2.24) is 5.32 Å². The molecule has 0 spiro atoms. The number of hydrogen-bond donors (Lipinski definition) is 1. The molecule has 2 nitrogen and oxygen atoms in total. The smallest absolute Gasteiger partial charge is 0.135 e. The molecule has 0 saturated carbocycles. The van der Waals surface area contributed by atoms with Gasteiger partial charge in [0.05, 0.1) is 11.6 Å². The molecule has 0 amide bonds. The van der Waals surface area contributed by atoms with E-state index in [0.29, 0.717) is 6.04 Å². The summed E-state index contributed by atoms with van der Waals surface area (Å²) in [6.07, 6.45) is 3.72. The lowest BCUT2D eigenvalue weighted by atomic mass is 10.0. The molecule has 1 aliphatic heterocycles. The van der Waals surface area contributed by atoms with Gasteiger partial charge >= 0.3 is 0 Å². The van der Waals surface area contributed by atoms with Gasteiger partial charge in [0.1, 0.15) is 5.75 Å². The van der Waals surface area contributed by atoms with Crippen LogP contribution >= 0.6 is 15.9 Å². The van der Waals surface area contributed by atoms with Gasteiger partial charge in [-0.15, -0.1) is 0 Å². The summed E-state index contributed by atoms with van der Waals surface area (Å²) in [5.41, 5.74) is 2.58. The topological polar surface area (TPSA) is 21.3 Å². The van der Waals surface area contributed by atoms with Gasteiger partial charge in [-0.1, -0.05) is 6.07 Å². The van der Waals surface area contributed by atoms with Gasteiger partial charge in [0.25, 0.3) is 0 Å². The lowest BCUT2D eigenvalue weighted by molar-refractivity contribution is 0.408. The van der Waals surface area contributed by atoms with Crippen molar-refractivity contribution in [1.29, 1.82) is 0 Å². The van der Waals surface area contributed by atoms with Crippen LogP contribution in [0.2, 0.25) is 0 Å². The number of benzene rings is 1. The molecule has 1 aromatic rings. The van der Waals surface area contributed by atoms with Crippen LogP contribution < -0.4 is 10.1 Å². The fourth-order valence-corrected chi connectivity index (χ4v) is 3.16. The van der Waals surface area contributed by atoms with Gasteiger partial charge in [-0.25, -0.2) is 0 Å². The number of ether oxygens (including phenoxy) is 1. The van der Waals surface area contributed by atoms with Gasteiger partial charge in [0.15, 0.2) is 0 Å². The molecule has 1 aromatic carbocycles. The minimum atomic E-state index is 0.652. The van der Waals surface area contributed by atoms with Crippen LogP contribution in [0, 0.1) is 6.92 Å². The number of rotatable bonds is 3. The van der Waals surface area contributed by atoms with Crippen molar-refractivity contribution < 1.29 is 4.74 Å². The maximum Gasteiger partial charge on any atom is 0.135 e. The first kappa shape index (κ1) is 11.9. The second-order valence-corrected chi connectivity index (χ2v) is 5.28. The Morgan fingerprint density at radius 3 is 2.88 bits per heavy atom. The Kier molecular flexibility index (Phi) is 3.87. The molecule has 1 aliphatic rings. The molecular weight excluding hydrogens is 266 g/mol. The van der Waals surface area contributed by atoms with Crippen LogP contribution in [0.1, 0.15) is 24.0 Å². The number of methoxy groups -OCH3 is 1. The molecule has 3 heteroatoms. The number of aryl methyl sites for hydroxylation is 1. The highest BCUT2D eigenvalue weighted by molar-refractivity contribution is 9.10. The van der Waals surface area contributed by atoms with E-state index in [-0.39, 0.29) is 0 Å². The standard InChI is InChI=1S/C13H18BrNO/c1-9-6-10(7-11-4-3-5-15-11)8-12(14)13(9)16-2/h6,8,11,15H,3-5,7H2,1-2H3. The van der Waals surface area contributed by atoms with E-state index in [9.17, 15) is 0 Å². The van der Waals surface area contributed by atoms with Crippen molar-refractivity contribution in [3.63, 3.8) is 0 Å². The summed E-state index contributed by atoms with van der Waals surface area (Å²) in [5.74, 6) is 0.947. The minimum Gasteiger partial charge on any atom is -0.495 e. The highest BCUT2D eigenvalue weighted by Crippen LogP contribution is 2.30. The van der Waals surface area contributed by atoms with Crippen molar-refractivity contribution in [2.75, 3.05) is 13.7 Å². The van der Waals surface area contributed by atoms with Crippen LogP contribution in [0.4, 0.5) is 0 Å². The van der Waals surface area contributed by atoms with Gasteiger partial charge in [0.2, 0.25) is 0 Å².